The molecule has 2 aromatic heterocycles. The molecule has 0 bridgehead atoms. The number of carbonyl (C=O) groups excluding carboxylic acids is 1. The van der Waals surface area contributed by atoms with Gasteiger partial charge in [-0.15, -0.1) is 5.10 Å². The van der Waals surface area contributed by atoms with Gasteiger partial charge in [0, 0.05) is 31.5 Å². The fourth-order valence-corrected chi connectivity index (χ4v) is 4.06. The van der Waals surface area contributed by atoms with Crippen molar-refractivity contribution in [3.8, 4) is 5.82 Å². The number of amides is 1. The standard InChI is InChI=1S/C19H26N6O2/c26-18-6-5-17(24-11-3-10-21-24)22-25(18)14-15-7-12-23(13-8-15)16-4-1-2-9-20-19(16)27/h3,5-6,10-11,15-16H,1-2,4,7-9,12-14H2,(H,20,27). The highest BCUT2D eigenvalue weighted by Crippen LogP contribution is 2.23. The number of carbonyl (C=O) groups is 1. The van der Waals surface area contributed by atoms with Crippen molar-refractivity contribution in [1.29, 1.82) is 0 Å². The number of rotatable bonds is 4. The van der Waals surface area contributed by atoms with Gasteiger partial charge in [0.2, 0.25) is 5.91 Å². The van der Waals surface area contributed by atoms with Gasteiger partial charge in [-0.3, -0.25) is 14.5 Å². The van der Waals surface area contributed by atoms with Gasteiger partial charge in [-0.1, -0.05) is 0 Å². The molecule has 2 fully saturated rings. The van der Waals surface area contributed by atoms with Crippen LogP contribution >= 0.6 is 0 Å². The van der Waals surface area contributed by atoms with Crippen LogP contribution in [-0.2, 0) is 11.3 Å². The average Bonchev–Trinajstić information content (AvgIpc) is 3.13. The quantitative estimate of drug-likeness (QED) is 0.861. The molecule has 0 saturated carbocycles. The van der Waals surface area contributed by atoms with Gasteiger partial charge in [0.15, 0.2) is 5.82 Å². The Morgan fingerprint density at radius 3 is 2.74 bits per heavy atom. The number of nitrogens with one attached hydrogen (secondary N) is 1. The van der Waals surface area contributed by atoms with Crippen molar-refractivity contribution < 1.29 is 4.79 Å². The van der Waals surface area contributed by atoms with E-state index in [1.807, 2.05) is 12.3 Å². The fraction of sp³-hybridized carbons (Fsp3) is 0.579. The predicted octanol–water partition coefficient (Wildman–Crippen LogP) is 0.810. The Morgan fingerprint density at radius 2 is 1.96 bits per heavy atom. The van der Waals surface area contributed by atoms with Crippen molar-refractivity contribution in [3.63, 3.8) is 0 Å². The van der Waals surface area contributed by atoms with E-state index in [0.29, 0.717) is 18.3 Å². The van der Waals surface area contributed by atoms with Crippen molar-refractivity contribution in [2.45, 2.75) is 44.7 Å². The van der Waals surface area contributed by atoms with Crippen LogP contribution in [0.15, 0.2) is 35.4 Å². The molecule has 2 aromatic rings. The van der Waals surface area contributed by atoms with Crippen LogP contribution in [0, 0.1) is 5.92 Å². The zero-order valence-corrected chi connectivity index (χ0v) is 15.5. The van der Waals surface area contributed by atoms with Gasteiger partial charge in [0.05, 0.1) is 6.04 Å². The predicted molar refractivity (Wildman–Crippen MR) is 101 cm³/mol. The molecule has 0 spiro atoms. The summed E-state index contributed by atoms with van der Waals surface area (Å²) in [5, 5.41) is 11.7. The normalized spacial score (nSPS) is 22.4. The third-order valence-corrected chi connectivity index (χ3v) is 5.62. The molecule has 144 valence electrons. The second kappa shape index (κ2) is 8.04. The molecule has 0 radical (unpaired) electrons. The Morgan fingerprint density at radius 1 is 1.11 bits per heavy atom. The molecule has 0 aliphatic carbocycles. The van der Waals surface area contributed by atoms with E-state index in [4.69, 9.17) is 0 Å². The summed E-state index contributed by atoms with van der Waals surface area (Å²) in [5.41, 5.74) is -0.0866. The molecule has 4 heterocycles. The summed E-state index contributed by atoms with van der Waals surface area (Å²) in [6.07, 6.45) is 8.57. The summed E-state index contributed by atoms with van der Waals surface area (Å²) in [7, 11) is 0. The van der Waals surface area contributed by atoms with Crippen molar-refractivity contribution >= 4 is 5.91 Å². The minimum absolute atomic E-state index is 0.0115. The van der Waals surface area contributed by atoms with Crippen LogP contribution in [0.25, 0.3) is 5.82 Å². The maximum absolute atomic E-state index is 12.3. The number of hydrogen-bond acceptors (Lipinski definition) is 5. The lowest BCUT2D eigenvalue weighted by molar-refractivity contribution is -0.126. The zero-order chi connectivity index (χ0) is 18.6. The van der Waals surface area contributed by atoms with E-state index in [-0.39, 0.29) is 17.5 Å². The summed E-state index contributed by atoms with van der Waals surface area (Å²) in [4.78, 5) is 26.8. The molecule has 1 amide bonds. The largest absolute Gasteiger partial charge is 0.355 e. The highest BCUT2D eigenvalue weighted by atomic mass is 16.2. The van der Waals surface area contributed by atoms with Gasteiger partial charge in [-0.25, -0.2) is 9.36 Å². The molecule has 1 N–H and O–H groups in total. The molecule has 2 aliphatic heterocycles. The van der Waals surface area contributed by atoms with E-state index in [2.05, 4.69) is 20.4 Å². The molecule has 2 saturated heterocycles. The van der Waals surface area contributed by atoms with Crippen molar-refractivity contribution in [1.82, 2.24) is 29.8 Å². The second-order valence-corrected chi connectivity index (χ2v) is 7.44. The second-order valence-electron chi connectivity index (χ2n) is 7.44. The summed E-state index contributed by atoms with van der Waals surface area (Å²) in [6, 6.07) is 5.09. The topological polar surface area (TPSA) is 85.1 Å². The Balaban J connectivity index is 1.39. The molecule has 1 atom stereocenters. The fourth-order valence-electron chi connectivity index (χ4n) is 4.06. The van der Waals surface area contributed by atoms with Gasteiger partial charge in [-0.05, 0) is 63.2 Å². The van der Waals surface area contributed by atoms with Crippen LogP contribution in [0.3, 0.4) is 0 Å². The number of aromatic nitrogens is 4. The lowest BCUT2D eigenvalue weighted by Crippen LogP contribution is -2.49. The summed E-state index contributed by atoms with van der Waals surface area (Å²) in [5.74, 6) is 1.22. The van der Waals surface area contributed by atoms with E-state index < -0.39 is 0 Å². The Kier molecular flexibility index (Phi) is 5.33. The molecule has 4 rings (SSSR count). The first-order valence-corrected chi connectivity index (χ1v) is 9.80. The van der Waals surface area contributed by atoms with Crippen LogP contribution in [0.4, 0.5) is 0 Å². The first kappa shape index (κ1) is 17.9. The molecule has 2 aliphatic rings. The van der Waals surface area contributed by atoms with Crippen LogP contribution in [-0.4, -0.2) is 56.0 Å². The number of likely N-dealkylation sites (tertiary alicyclic amines) is 1. The number of piperidine rings is 1. The van der Waals surface area contributed by atoms with E-state index in [1.54, 1.807) is 27.7 Å². The zero-order valence-electron chi connectivity index (χ0n) is 15.5. The minimum atomic E-state index is -0.0866. The highest BCUT2D eigenvalue weighted by Gasteiger charge is 2.30. The first-order valence-electron chi connectivity index (χ1n) is 9.80. The molecule has 27 heavy (non-hydrogen) atoms. The molecule has 8 heteroatoms. The van der Waals surface area contributed by atoms with Crippen LogP contribution in [0.5, 0.6) is 0 Å². The third kappa shape index (κ3) is 4.10. The monoisotopic (exact) mass is 370 g/mol. The maximum Gasteiger partial charge on any atom is 0.266 e. The smallest absolute Gasteiger partial charge is 0.266 e. The number of hydrogen-bond donors (Lipinski definition) is 1. The number of nitrogens with zero attached hydrogens (tertiary/aromatic N) is 5. The minimum Gasteiger partial charge on any atom is -0.355 e. The van der Waals surface area contributed by atoms with Crippen LogP contribution < -0.4 is 10.9 Å². The molecular formula is C19H26N6O2. The van der Waals surface area contributed by atoms with Gasteiger partial charge in [0.25, 0.3) is 5.56 Å². The average molecular weight is 370 g/mol. The molecule has 0 aromatic carbocycles. The molecular weight excluding hydrogens is 344 g/mol. The van der Waals surface area contributed by atoms with Gasteiger partial charge < -0.3 is 5.32 Å². The summed E-state index contributed by atoms with van der Waals surface area (Å²) in [6.45, 7) is 3.21. The lowest BCUT2D eigenvalue weighted by atomic mass is 9.94. The molecule has 1 unspecified atom stereocenters. The lowest BCUT2D eigenvalue weighted by Gasteiger charge is -2.36. The van der Waals surface area contributed by atoms with Crippen LogP contribution in [0.1, 0.15) is 32.1 Å². The van der Waals surface area contributed by atoms with Gasteiger partial charge in [-0.2, -0.15) is 5.10 Å². The third-order valence-electron chi connectivity index (χ3n) is 5.62. The van der Waals surface area contributed by atoms with Gasteiger partial charge in [0.1, 0.15) is 0 Å². The summed E-state index contributed by atoms with van der Waals surface area (Å²) >= 11 is 0. The van der Waals surface area contributed by atoms with E-state index in [0.717, 1.165) is 51.7 Å². The van der Waals surface area contributed by atoms with Crippen molar-refractivity contribution in [2.24, 2.45) is 5.92 Å². The molecule has 8 nitrogen and oxygen atoms in total. The van der Waals surface area contributed by atoms with Gasteiger partial charge >= 0.3 is 0 Å². The Labute approximate surface area is 158 Å². The van der Waals surface area contributed by atoms with E-state index in [1.165, 1.54) is 0 Å². The maximum atomic E-state index is 12.3. The highest BCUT2D eigenvalue weighted by molar-refractivity contribution is 5.81. The van der Waals surface area contributed by atoms with Crippen molar-refractivity contribution in [3.05, 3.63) is 40.9 Å². The SMILES string of the molecule is O=C1NCCCCC1N1CCC(Cn2nc(-n3cccn3)ccc2=O)CC1. The van der Waals surface area contributed by atoms with E-state index >= 15 is 0 Å². The van der Waals surface area contributed by atoms with E-state index in [9.17, 15) is 9.59 Å². The van der Waals surface area contributed by atoms with Crippen LogP contribution in [0.2, 0.25) is 0 Å². The first-order chi connectivity index (χ1) is 13.2. The van der Waals surface area contributed by atoms with Crippen molar-refractivity contribution in [2.75, 3.05) is 19.6 Å². The Hall–Kier alpha value is -2.48. The summed E-state index contributed by atoms with van der Waals surface area (Å²) < 4.78 is 3.21. The Bertz CT molecular complexity index is 823.